The number of benzene rings is 1. The van der Waals surface area contributed by atoms with Gasteiger partial charge in [-0.05, 0) is 24.3 Å². The molecule has 1 aromatic heterocycles. The van der Waals surface area contributed by atoms with E-state index in [4.69, 9.17) is 4.74 Å². The fraction of sp³-hybridized carbons (Fsp3) is 0.526. The summed E-state index contributed by atoms with van der Waals surface area (Å²) in [5, 5.41) is 4.48. The van der Waals surface area contributed by atoms with Gasteiger partial charge < -0.3 is 9.64 Å². The Balaban J connectivity index is 1.30. The highest BCUT2D eigenvalue weighted by Gasteiger charge is 2.26. The summed E-state index contributed by atoms with van der Waals surface area (Å²) in [6.45, 7) is 2.82. The zero-order valence-electron chi connectivity index (χ0n) is 14.8. The molecule has 2 aromatic rings. The SMILES string of the molecule is O=C(COCc1ccccc1)N1CCc2nn(CC3CC3)c(=O)n2CC1. The number of hydrogen-bond donors (Lipinski definition) is 0. The first kappa shape index (κ1) is 17.0. The molecule has 138 valence electrons. The first-order valence-corrected chi connectivity index (χ1v) is 9.26. The highest BCUT2D eigenvalue weighted by molar-refractivity contribution is 5.77. The minimum absolute atomic E-state index is 0.0370. The summed E-state index contributed by atoms with van der Waals surface area (Å²) in [5.41, 5.74) is 1.01. The highest BCUT2D eigenvalue weighted by atomic mass is 16.5. The van der Waals surface area contributed by atoms with Gasteiger partial charge in [0.05, 0.1) is 6.61 Å². The van der Waals surface area contributed by atoms with Crippen LogP contribution in [0.3, 0.4) is 0 Å². The number of rotatable bonds is 6. The van der Waals surface area contributed by atoms with Crippen LogP contribution in [0.1, 0.15) is 24.2 Å². The molecule has 1 aliphatic carbocycles. The minimum Gasteiger partial charge on any atom is -0.367 e. The molecule has 4 rings (SSSR count). The van der Waals surface area contributed by atoms with Crippen LogP contribution in [0.4, 0.5) is 0 Å². The van der Waals surface area contributed by atoms with Crippen molar-refractivity contribution in [3.05, 3.63) is 52.2 Å². The van der Waals surface area contributed by atoms with Gasteiger partial charge in [0, 0.05) is 32.6 Å². The quantitative estimate of drug-likeness (QED) is 0.776. The van der Waals surface area contributed by atoms with Gasteiger partial charge in [0.25, 0.3) is 0 Å². The number of carbonyl (C=O) groups is 1. The van der Waals surface area contributed by atoms with Gasteiger partial charge in [-0.2, -0.15) is 5.10 Å². The Bertz CT molecular complexity index is 823. The number of amides is 1. The van der Waals surface area contributed by atoms with Gasteiger partial charge in [-0.1, -0.05) is 30.3 Å². The van der Waals surface area contributed by atoms with E-state index >= 15 is 0 Å². The van der Waals surface area contributed by atoms with Gasteiger partial charge in [0.15, 0.2) is 0 Å². The maximum absolute atomic E-state index is 12.5. The molecule has 1 amide bonds. The minimum atomic E-state index is -0.0403. The van der Waals surface area contributed by atoms with Crippen molar-refractivity contribution in [2.24, 2.45) is 5.92 Å². The van der Waals surface area contributed by atoms with E-state index in [0.717, 1.165) is 17.9 Å². The van der Waals surface area contributed by atoms with E-state index in [1.165, 1.54) is 12.8 Å². The molecule has 2 heterocycles. The van der Waals surface area contributed by atoms with Crippen LogP contribution >= 0.6 is 0 Å². The molecule has 1 aromatic carbocycles. The molecule has 7 heteroatoms. The van der Waals surface area contributed by atoms with Crippen LogP contribution in [0.2, 0.25) is 0 Å². The normalized spacial score (nSPS) is 17.0. The summed E-state index contributed by atoms with van der Waals surface area (Å²) >= 11 is 0. The Morgan fingerprint density at radius 1 is 1.15 bits per heavy atom. The molecule has 0 atom stereocenters. The molecule has 0 spiro atoms. The standard InChI is InChI=1S/C19H24N4O3/c24-18(14-26-13-16-4-2-1-3-5-16)21-9-8-17-20-23(12-15-6-7-15)19(25)22(17)11-10-21/h1-5,15H,6-14H2. The van der Waals surface area contributed by atoms with Crippen LogP contribution in [0.25, 0.3) is 0 Å². The summed E-state index contributed by atoms with van der Waals surface area (Å²) < 4.78 is 8.88. The average molecular weight is 356 g/mol. The van der Waals surface area contributed by atoms with E-state index in [2.05, 4.69) is 5.10 Å². The summed E-state index contributed by atoms with van der Waals surface area (Å²) in [5.74, 6) is 1.37. The van der Waals surface area contributed by atoms with E-state index in [1.54, 1.807) is 14.1 Å². The van der Waals surface area contributed by atoms with Gasteiger partial charge >= 0.3 is 5.69 Å². The number of nitrogens with zero attached hydrogens (tertiary/aromatic N) is 4. The zero-order chi connectivity index (χ0) is 17.9. The molecule has 0 saturated heterocycles. The number of aromatic nitrogens is 3. The van der Waals surface area contributed by atoms with Crippen molar-refractivity contribution >= 4 is 5.91 Å². The van der Waals surface area contributed by atoms with Crippen molar-refractivity contribution in [1.82, 2.24) is 19.2 Å². The predicted octanol–water partition coefficient (Wildman–Crippen LogP) is 1.06. The predicted molar refractivity (Wildman–Crippen MR) is 95.6 cm³/mol. The zero-order valence-corrected chi connectivity index (χ0v) is 14.8. The highest BCUT2D eigenvalue weighted by Crippen LogP contribution is 2.29. The lowest BCUT2D eigenvalue weighted by atomic mass is 10.2. The molecule has 7 nitrogen and oxygen atoms in total. The molecule has 26 heavy (non-hydrogen) atoms. The van der Waals surface area contributed by atoms with Gasteiger partial charge in [-0.25, -0.2) is 9.48 Å². The molecule has 1 saturated carbocycles. The van der Waals surface area contributed by atoms with Crippen LogP contribution in [0.5, 0.6) is 0 Å². The van der Waals surface area contributed by atoms with Crippen LogP contribution in [0.15, 0.2) is 35.1 Å². The lowest BCUT2D eigenvalue weighted by Crippen LogP contribution is -2.37. The maximum atomic E-state index is 12.5. The van der Waals surface area contributed by atoms with Gasteiger partial charge in [-0.15, -0.1) is 0 Å². The number of fused-ring (bicyclic) bond motifs is 1. The first-order chi connectivity index (χ1) is 12.7. The molecule has 0 radical (unpaired) electrons. The van der Waals surface area contributed by atoms with Crippen molar-refractivity contribution in [2.45, 2.75) is 39.0 Å². The van der Waals surface area contributed by atoms with E-state index in [9.17, 15) is 9.59 Å². The third kappa shape index (κ3) is 3.88. The monoisotopic (exact) mass is 356 g/mol. The Kier molecular flexibility index (Phi) is 4.88. The lowest BCUT2D eigenvalue weighted by Gasteiger charge is -2.20. The topological polar surface area (TPSA) is 69.4 Å². The van der Waals surface area contributed by atoms with Gasteiger partial charge in [0.1, 0.15) is 12.4 Å². The second-order valence-corrected chi connectivity index (χ2v) is 7.09. The van der Waals surface area contributed by atoms with E-state index < -0.39 is 0 Å². The lowest BCUT2D eigenvalue weighted by molar-refractivity contribution is -0.136. The van der Waals surface area contributed by atoms with E-state index in [1.807, 2.05) is 30.3 Å². The van der Waals surface area contributed by atoms with Gasteiger partial charge in [0.2, 0.25) is 5.91 Å². The molecule has 2 aliphatic rings. The van der Waals surface area contributed by atoms with Crippen LogP contribution in [0, 0.1) is 5.92 Å². The van der Waals surface area contributed by atoms with Gasteiger partial charge in [-0.3, -0.25) is 9.36 Å². The van der Waals surface area contributed by atoms with E-state index in [-0.39, 0.29) is 18.2 Å². The molecule has 1 aliphatic heterocycles. The number of carbonyl (C=O) groups excluding carboxylic acids is 1. The molecular formula is C19H24N4O3. The number of ether oxygens (including phenoxy) is 1. The van der Waals surface area contributed by atoms with E-state index in [0.29, 0.717) is 38.6 Å². The molecule has 0 bridgehead atoms. The van der Waals surface area contributed by atoms with Crippen LogP contribution < -0.4 is 5.69 Å². The van der Waals surface area contributed by atoms with Crippen molar-refractivity contribution in [3.63, 3.8) is 0 Å². The molecular weight excluding hydrogens is 332 g/mol. The largest absolute Gasteiger partial charge is 0.367 e. The Morgan fingerprint density at radius 2 is 1.96 bits per heavy atom. The number of hydrogen-bond acceptors (Lipinski definition) is 4. The average Bonchev–Trinajstić information content (AvgIpc) is 3.44. The Labute approximate surface area is 152 Å². The maximum Gasteiger partial charge on any atom is 0.345 e. The van der Waals surface area contributed by atoms with Crippen LogP contribution in [-0.4, -0.2) is 44.9 Å². The fourth-order valence-corrected chi connectivity index (χ4v) is 3.30. The molecule has 0 N–H and O–H groups in total. The fourth-order valence-electron chi connectivity index (χ4n) is 3.30. The Hall–Kier alpha value is -2.41. The summed E-state index contributed by atoms with van der Waals surface area (Å²) in [6.07, 6.45) is 3.00. The van der Waals surface area contributed by atoms with Crippen molar-refractivity contribution in [2.75, 3.05) is 19.7 Å². The first-order valence-electron chi connectivity index (χ1n) is 9.26. The van der Waals surface area contributed by atoms with Crippen molar-refractivity contribution in [1.29, 1.82) is 0 Å². The Morgan fingerprint density at radius 3 is 2.73 bits per heavy atom. The molecule has 1 fully saturated rings. The molecule has 0 unspecified atom stereocenters. The van der Waals surface area contributed by atoms with Crippen LogP contribution in [-0.2, 0) is 35.6 Å². The third-order valence-electron chi connectivity index (χ3n) is 5.02. The third-order valence-corrected chi connectivity index (χ3v) is 5.02. The van der Waals surface area contributed by atoms with Crippen molar-refractivity contribution < 1.29 is 9.53 Å². The summed E-state index contributed by atoms with van der Waals surface area (Å²) in [4.78, 5) is 26.6. The summed E-state index contributed by atoms with van der Waals surface area (Å²) in [6, 6.07) is 9.80. The smallest absolute Gasteiger partial charge is 0.345 e. The second-order valence-electron chi connectivity index (χ2n) is 7.09. The second kappa shape index (κ2) is 7.45. The van der Waals surface area contributed by atoms with Crippen molar-refractivity contribution in [3.8, 4) is 0 Å². The summed E-state index contributed by atoms with van der Waals surface area (Å²) in [7, 11) is 0.